The van der Waals surface area contributed by atoms with Gasteiger partial charge in [0.15, 0.2) is 5.65 Å². The second-order valence-corrected chi connectivity index (χ2v) is 11.9. The van der Waals surface area contributed by atoms with Gasteiger partial charge in [0.2, 0.25) is 17.8 Å². The first kappa shape index (κ1) is 28.7. The second-order valence-electron chi connectivity index (χ2n) is 11.9. The van der Waals surface area contributed by atoms with Crippen LogP contribution in [0.4, 0.5) is 26.4 Å². The van der Waals surface area contributed by atoms with Gasteiger partial charge in [-0.2, -0.15) is 4.98 Å². The van der Waals surface area contributed by atoms with Gasteiger partial charge in [-0.15, -0.1) is 0 Å². The molecule has 0 radical (unpaired) electrons. The van der Waals surface area contributed by atoms with Gasteiger partial charge < -0.3 is 25.5 Å². The number of amides is 1. The first-order valence-electron chi connectivity index (χ1n) is 15.3. The van der Waals surface area contributed by atoms with Crippen LogP contribution in [0, 0.1) is 17.6 Å². The first-order chi connectivity index (χ1) is 20.4. The molecule has 1 amide bonds. The van der Waals surface area contributed by atoms with Gasteiger partial charge in [-0.1, -0.05) is 6.92 Å². The van der Waals surface area contributed by atoms with Crippen LogP contribution in [-0.2, 0) is 4.79 Å². The third-order valence-corrected chi connectivity index (χ3v) is 9.18. The minimum absolute atomic E-state index is 0.00502. The summed E-state index contributed by atoms with van der Waals surface area (Å²) in [7, 11) is 0. The summed E-state index contributed by atoms with van der Waals surface area (Å²) in [5, 5.41) is 16.4. The number of aliphatic hydroxyl groups is 1. The van der Waals surface area contributed by atoms with Crippen LogP contribution in [0.2, 0.25) is 0 Å². The Morgan fingerprint density at radius 3 is 2.43 bits per heavy atom. The fourth-order valence-corrected chi connectivity index (χ4v) is 6.63. The number of hydrogen-bond acceptors (Lipinski definition) is 8. The highest BCUT2D eigenvalue weighted by Crippen LogP contribution is 2.38. The molecule has 0 bridgehead atoms. The van der Waals surface area contributed by atoms with E-state index in [2.05, 4.69) is 27.4 Å². The van der Waals surface area contributed by atoms with Crippen LogP contribution in [0.1, 0.15) is 64.3 Å². The normalized spacial score (nSPS) is 25.5. The van der Waals surface area contributed by atoms with Gasteiger partial charge in [0.05, 0.1) is 18.0 Å². The van der Waals surface area contributed by atoms with Crippen molar-refractivity contribution in [3.8, 4) is 0 Å². The van der Waals surface area contributed by atoms with Crippen LogP contribution in [0.25, 0.3) is 11.2 Å². The Morgan fingerprint density at radius 2 is 1.74 bits per heavy atom. The number of imidazole rings is 1. The summed E-state index contributed by atoms with van der Waals surface area (Å²) in [5.41, 5.74) is 1.31. The quantitative estimate of drug-likeness (QED) is 0.375. The highest BCUT2D eigenvalue weighted by molar-refractivity contribution is 5.79. The van der Waals surface area contributed by atoms with Gasteiger partial charge >= 0.3 is 0 Å². The number of hydrogen-bond donors (Lipinski definition) is 3. The molecule has 1 aromatic carbocycles. The Balaban J connectivity index is 1.24. The molecule has 3 heterocycles. The fraction of sp³-hybridized carbons (Fsp3) is 0.600. The summed E-state index contributed by atoms with van der Waals surface area (Å²) in [6, 6.07) is 3.58. The molecule has 1 aliphatic heterocycles. The zero-order valence-corrected chi connectivity index (χ0v) is 24.1. The Morgan fingerprint density at radius 1 is 1.00 bits per heavy atom. The number of piperazine rings is 1. The van der Waals surface area contributed by atoms with Crippen molar-refractivity contribution in [1.82, 2.24) is 29.3 Å². The van der Waals surface area contributed by atoms with Crippen LogP contribution in [0.5, 0.6) is 0 Å². The molecule has 2 saturated carbocycles. The number of halogens is 2. The predicted molar refractivity (Wildman–Crippen MR) is 157 cm³/mol. The summed E-state index contributed by atoms with van der Waals surface area (Å²) in [4.78, 5) is 31.8. The number of likely N-dealkylation sites (N-methyl/N-ethyl adjacent to an activating group) is 1. The largest absolute Gasteiger partial charge is 0.393 e. The summed E-state index contributed by atoms with van der Waals surface area (Å²) in [5.74, 6) is -0.226. The van der Waals surface area contributed by atoms with E-state index in [0.717, 1.165) is 90.2 Å². The molecule has 0 atom stereocenters. The molecule has 3 fully saturated rings. The van der Waals surface area contributed by atoms with Gasteiger partial charge in [0.25, 0.3) is 0 Å². The number of rotatable bonds is 7. The zero-order chi connectivity index (χ0) is 29.2. The van der Waals surface area contributed by atoms with E-state index in [1.807, 2.05) is 9.47 Å². The second kappa shape index (κ2) is 12.5. The first-order valence-corrected chi connectivity index (χ1v) is 15.3. The molecule has 3 aromatic rings. The van der Waals surface area contributed by atoms with Crippen molar-refractivity contribution in [2.75, 3.05) is 43.4 Å². The number of anilines is 3. The molecular formula is C30H40F2N8O2. The third kappa shape index (κ3) is 6.19. The van der Waals surface area contributed by atoms with Crippen LogP contribution < -0.4 is 10.6 Å². The standard InChI is InChI=1S/C30H40F2N8O2/c1-2-38-13-15-39(16-14-38)28(42)19-3-8-22(9-4-19)40-27-26(36-30(40)35-25-12-5-20(31)17-24(25)32)18-33-29(37-27)34-21-6-10-23(41)11-7-21/h5,12,17-19,21-23,41H,2-4,6-11,13-16H2,1H3,(H,35,36)(H,33,34,37). The number of aliphatic hydroxyl groups excluding tert-OH is 1. The van der Waals surface area contributed by atoms with E-state index >= 15 is 0 Å². The third-order valence-electron chi connectivity index (χ3n) is 9.18. The molecule has 12 heteroatoms. The van der Waals surface area contributed by atoms with E-state index in [9.17, 15) is 18.7 Å². The Hall–Kier alpha value is -3.38. The van der Waals surface area contributed by atoms with Gasteiger partial charge in [-0.25, -0.2) is 18.7 Å². The molecule has 0 unspecified atom stereocenters. The van der Waals surface area contributed by atoms with Crippen molar-refractivity contribution in [3.63, 3.8) is 0 Å². The van der Waals surface area contributed by atoms with Crippen molar-refractivity contribution in [2.45, 2.75) is 76.5 Å². The number of carbonyl (C=O) groups is 1. The van der Waals surface area contributed by atoms with Gasteiger partial charge in [0, 0.05) is 50.2 Å². The number of nitrogens with one attached hydrogen (secondary N) is 2. The lowest BCUT2D eigenvalue weighted by molar-refractivity contribution is -0.138. The maximum atomic E-state index is 14.6. The monoisotopic (exact) mass is 582 g/mol. The minimum Gasteiger partial charge on any atom is -0.393 e. The molecule has 3 aliphatic rings. The maximum absolute atomic E-state index is 14.6. The van der Waals surface area contributed by atoms with Crippen LogP contribution in [-0.4, -0.2) is 85.2 Å². The molecule has 1 saturated heterocycles. The number of benzene rings is 1. The van der Waals surface area contributed by atoms with E-state index in [4.69, 9.17) is 9.97 Å². The average molecular weight is 583 g/mol. The number of fused-ring (bicyclic) bond motifs is 1. The highest BCUT2D eigenvalue weighted by Gasteiger charge is 2.33. The average Bonchev–Trinajstić information content (AvgIpc) is 3.36. The van der Waals surface area contributed by atoms with Crippen molar-refractivity contribution in [2.24, 2.45) is 5.92 Å². The summed E-state index contributed by atoms with van der Waals surface area (Å²) in [6.45, 7) is 6.56. The lowest BCUT2D eigenvalue weighted by Crippen LogP contribution is -2.50. The van der Waals surface area contributed by atoms with Crippen LogP contribution in [0.3, 0.4) is 0 Å². The molecule has 2 aliphatic carbocycles. The van der Waals surface area contributed by atoms with Crippen molar-refractivity contribution < 1.29 is 18.7 Å². The summed E-state index contributed by atoms with van der Waals surface area (Å²) < 4.78 is 30.2. The highest BCUT2D eigenvalue weighted by atomic mass is 19.1. The summed E-state index contributed by atoms with van der Waals surface area (Å²) in [6.07, 6.45) is 7.58. The number of carbonyl (C=O) groups excluding carboxylic acids is 1. The van der Waals surface area contributed by atoms with Gasteiger partial charge in [-0.3, -0.25) is 9.36 Å². The molecule has 226 valence electrons. The van der Waals surface area contributed by atoms with Crippen molar-refractivity contribution in [1.29, 1.82) is 0 Å². The van der Waals surface area contributed by atoms with Crippen molar-refractivity contribution >= 4 is 34.7 Å². The fourth-order valence-electron chi connectivity index (χ4n) is 6.63. The van der Waals surface area contributed by atoms with Crippen LogP contribution >= 0.6 is 0 Å². The van der Waals surface area contributed by atoms with Crippen molar-refractivity contribution in [3.05, 3.63) is 36.0 Å². The zero-order valence-electron chi connectivity index (χ0n) is 24.1. The number of nitrogens with zero attached hydrogens (tertiary/aromatic N) is 6. The topological polar surface area (TPSA) is 111 Å². The Labute approximate surface area is 244 Å². The molecule has 10 nitrogen and oxygen atoms in total. The molecule has 6 rings (SSSR count). The van der Waals surface area contributed by atoms with E-state index in [1.165, 1.54) is 12.1 Å². The molecule has 0 spiro atoms. The SMILES string of the molecule is CCN1CCN(C(=O)C2CCC(n3c(Nc4ccc(F)cc4F)nc4cnc(NC5CCC(O)CC5)nc43)CC2)CC1. The minimum atomic E-state index is -0.709. The van der Waals surface area contributed by atoms with Gasteiger partial charge in [-0.05, 0) is 70.0 Å². The predicted octanol–water partition coefficient (Wildman–Crippen LogP) is 4.46. The summed E-state index contributed by atoms with van der Waals surface area (Å²) >= 11 is 0. The van der Waals surface area contributed by atoms with E-state index < -0.39 is 11.6 Å². The molecule has 3 N–H and O–H groups in total. The maximum Gasteiger partial charge on any atom is 0.225 e. The lowest BCUT2D eigenvalue weighted by Gasteiger charge is -2.37. The van der Waals surface area contributed by atoms with Crippen LogP contribution in [0.15, 0.2) is 24.4 Å². The molecule has 42 heavy (non-hydrogen) atoms. The molecule has 2 aromatic heterocycles. The smallest absolute Gasteiger partial charge is 0.225 e. The van der Waals surface area contributed by atoms with E-state index in [1.54, 1.807) is 6.20 Å². The molecular weight excluding hydrogens is 542 g/mol. The Bertz CT molecular complexity index is 1390. The lowest BCUT2D eigenvalue weighted by atomic mass is 9.85. The number of aromatic nitrogens is 4. The van der Waals surface area contributed by atoms with Gasteiger partial charge in [0.1, 0.15) is 17.2 Å². The van der Waals surface area contributed by atoms with E-state index in [-0.39, 0.29) is 35.7 Å². The van der Waals surface area contributed by atoms with E-state index in [0.29, 0.717) is 23.1 Å². The Kier molecular flexibility index (Phi) is 8.53.